The zero-order valence-electron chi connectivity index (χ0n) is 12.1. The summed E-state index contributed by atoms with van der Waals surface area (Å²) in [5.41, 5.74) is 6.15. The van der Waals surface area contributed by atoms with Gasteiger partial charge in [0.25, 0.3) is 0 Å². The summed E-state index contributed by atoms with van der Waals surface area (Å²) < 4.78 is 0. The van der Waals surface area contributed by atoms with Gasteiger partial charge in [-0.3, -0.25) is 4.79 Å². The van der Waals surface area contributed by atoms with Crippen molar-refractivity contribution in [1.29, 1.82) is 0 Å². The zero-order valence-corrected chi connectivity index (χ0v) is 12.1. The predicted molar refractivity (Wildman–Crippen MR) is 84.4 cm³/mol. The molecule has 110 valence electrons. The lowest BCUT2D eigenvalue weighted by molar-refractivity contribution is -0.135. The average Bonchev–Trinajstić information content (AvgIpc) is 2.52. The van der Waals surface area contributed by atoms with Gasteiger partial charge in [-0.2, -0.15) is 5.06 Å². The van der Waals surface area contributed by atoms with Crippen molar-refractivity contribution in [1.82, 2.24) is 0 Å². The van der Waals surface area contributed by atoms with Gasteiger partial charge >= 0.3 is 5.97 Å². The second kappa shape index (κ2) is 5.80. The molecule has 0 aliphatic carbocycles. The van der Waals surface area contributed by atoms with E-state index in [4.69, 9.17) is 9.94 Å². The molecule has 1 aliphatic heterocycles. The number of nitrogens with zero attached hydrogens (tertiary/aromatic N) is 1. The van der Waals surface area contributed by atoms with Crippen LogP contribution in [0.2, 0.25) is 0 Å². The Bertz CT molecular complexity index is 774. The van der Waals surface area contributed by atoms with Gasteiger partial charge in [-0.05, 0) is 25.1 Å². The third-order valence-corrected chi connectivity index (χ3v) is 3.35. The molecular formula is C18H15NO3. The molecule has 0 unspecified atom stereocenters. The van der Waals surface area contributed by atoms with E-state index in [9.17, 15) is 4.79 Å². The van der Waals surface area contributed by atoms with Crippen LogP contribution in [-0.4, -0.2) is 11.1 Å². The third-order valence-electron chi connectivity index (χ3n) is 3.35. The molecule has 0 saturated carbocycles. The number of fused-ring (bicyclic) bond motifs is 1. The van der Waals surface area contributed by atoms with E-state index in [-0.39, 0.29) is 6.42 Å². The molecule has 3 rings (SSSR count). The van der Waals surface area contributed by atoms with Gasteiger partial charge in [0, 0.05) is 11.1 Å². The minimum absolute atomic E-state index is 0.0620. The molecule has 2 aromatic rings. The normalized spacial score (nSPS) is 13.0. The highest BCUT2D eigenvalue weighted by Gasteiger charge is 2.22. The van der Waals surface area contributed by atoms with Gasteiger partial charge in [-0.15, -0.1) is 0 Å². The molecule has 4 nitrogen and oxygen atoms in total. The Labute approximate surface area is 128 Å². The third kappa shape index (κ3) is 2.73. The number of carbonyl (C=O) groups is 1. The number of carboxylic acid groups (broad SMARTS) is 1. The number of para-hydroxylation sites is 2. The zero-order chi connectivity index (χ0) is 15.5. The molecule has 0 atom stereocenters. The van der Waals surface area contributed by atoms with Crippen LogP contribution in [0.4, 0.5) is 5.69 Å². The van der Waals surface area contributed by atoms with Crippen molar-refractivity contribution >= 4 is 17.2 Å². The van der Waals surface area contributed by atoms with Crippen molar-refractivity contribution in [2.45, 2.75) is 13.3 Å². The highest BCUT2D eigenvalue weighted by Crippen LogP contribution is 2.35. The van der Waals surface area contributed by atoms with Gasteiger partial charge in [0.15, 0.2) is 5.75 Å². The first-order valence-electron chi connectivity index (χ1n) is 6.96. The standard InChI is InChI=1S/C18H15NO3/c1-13-11-14(12-18(20)21)16-9-5-6-10-17(16)19(13)22-15-7-3-2-4-8-15/h2-10H,12H2,1H3,(H,20,21). The van der Waals surface area contributed by atoms with E-state index in [1.807, 2.05) is 61.5 Å². The van der Waals surface area contributed by atoms with E-state index in [2.05, 4.69) is 5.73 Å². The first-order chi connectivity index (χ1) is 10.6. The van der Waals surface area contributed by atoms with E-state index >= 15 is 0 Å². The number of benzene rings is 2. The van der Waals surface area contributed by atoms with Crippen LogP contribution in [0.15, 0.2) is 66.0 Å². The number of anilines is 1. The number of carboxylic acids is 1. The van der Waals surface area contributed by atoms with E-state index in [1.54, 1.807) is 5.06 Å². The Morgan fingerprint density at radius 1 is 1.14 bits per heavy atom. The van der Waals surface area contributed by atoms with E-state index in [0.29, 0.717) is 11.3 Å². The Hall–Kier alpha value is -2.97. The summed E-state index contributed by atoms with van der Waals surface area (Å²) in [6, 6.07) is 17.0. The molecule has 1 aliphatic rings. The molecule has 4 heteroatoms. The summed E-state index contributed by atoms with van der Waals surface area (Å²) in [5.74, 6) is -0.164. The van der Waals surface area contributed by atoms with Crippen molar-refractivity contribution in [3.05, 3.63) is 71.6 Å². The van der Waals surface area contributed by atoms with E-state index < -0.39 is 5.97 Å². The maximum atomic E-state index is 11.0. The molecule has 0 aromatic heterocycles. The fourth-order valence-electron chi connectivity index (χ4n) is 2.42. The summed E-state index contributed by atoms with van der Waals surface area (Å²) in [6.45, 7) is 1.85. The minimum atomic E-state index is -0.873. The maximum absolute atomic E-state index is 11.0. The Morgan fingerprint density at radius 3 is 2.55 bits per heavy atom. The van der Waals surface area contributed by atoms with Gasteiger partial charge < -0.3 is 9.94 Å². The summed E-state index contributed by atoms with van der Waals surface area (Å²) in [6.07, 6.45) is -0.0620. The Morgan fingerprint density at radius 2 is 1.82 bits per heavy atom. The molecule has 0 fully saturated rings. The van der Waals surface area contributed by atoms with Gasteiger partial charge in [0.05, 0.1) is 17.8 Å². The molecule has 2 aromatic carbocycles. The van der Waals surface area contributed by atoms with E-state index in [1.165, 1.54) is 0 Å². The second-order valence-electron chi connectivity index (χ2n) is 4.98. The van der Waals surface area contributed by atoms with E-state index in [0.717, 1.165) is 16.9 Å². The Balaban J connectivity index is 2.04. The summed E-state index contributed by atoms with van der Waals surface area (Å²) in [7, 11) is 0. The van der Waals surface area contributed by atoms with Crippen molar-refractivity contribution in [2.75, 3.05) is 5.06 Å². The quantitative estimate of drug-likeness (QED) is 0.870. The highest BCUT2D eigenvalue weighted by molar-refractivity contribution is 5.89. The Kier molecular flexibility index (Phi) is 3.69. The van der Waals surface area contributed by atoms with Gasteiger partial charge in [-0.25, -0.2) is 0 Å². The number of hydroxylamine groups is 1. The van der Waals surface area contributed by atoms with Crippen LogP contribution in [0.25, 0.3) is 5.57 Å². The van der Waals surface area contributed by atoms with Crippen LogP contribution in [0, 0.1) is 0 Å². The van der Waals surface area contributed by atoms with Crippen LogP contribution < -0.4 is 9.90 Å². The maximum Gasteiger partial charge on any atom is 0.308 e. The molecule has 0 saturated heterocycles. The monoisotopic (exact) mass is 293 g/mol. The number of rotatable bonds is 4. The average molecular weight is 293 g/mol. The van der Waals surface area contributed by atoms with Crippen LogP contribution in [0.3, 0.4) is 0 Å². The van der Waals surface area contributed by atoms with Crippen molar-refractivity contribution in [3.8, 4) is 5.75 Å². The fourth-order valence-corrected chi connectivity index (χ4v) is 2.42. The molecule has 0 radical (unpaired) electrons. The lowest BCUT2D eigenvalue weighted by Crippen LogP contribution is -2.27. The van der Waals surface area contributed by atoms with Crippen molar-refractivity contribution < 1.29 is 14.7 Å². The lowest BCUT2D eigenvalue weighted by Gasteiger charge is -2.29. The highest BCUT2D eigenvalue weighted by atomic mass is 16.7. The topological polar surface area (TPSA) is 49.8 Å². The smallest absolute Gasteiger partial charge is 0.308 e. The number of aliphatic carboxylic acids is 1. The molecule has 0 bridgehead atoms. The summed E-state index contributed by atoms with van der Waals surface area (Å²) >= 11 is 0. The van der Waals surface area contributed by atoms with Crippen LogP contribution in [-0.2, 0) is 4.79 Å². The van der Waals surface area contributed by atoms with Crippen LogP contribution >= 0.6 is 0 Å². The SMILES string of the molecule is CC1=C=C(CC(=O)O)c2ccccc2N1Oc1ccccc1. The minimum Gasteiger partial charge on any atom is -0.481 e. The lowest BCUT2D eigenvalue weighted by atomic mass is 9.98. The number of hydrogen-bond acceptors (Lipinski definition) is 3. The van der Waals surface area contributed by atoms with Crippen LogP contribution in [0.1, 0.15) is 18.9 Å². The largest absolute Gasteiger partial charge is 0.481 e. The molecule has 22 heavy (non-hydrogen) atoms. The molecule has 0 spiro atoms. The van der Waals surface area contributed by atoms with Crippen LogP contribution in [0.5, 0.6) is 5.75 Å². The summed E-state index contributed by atoms with van der Waals surface area (Å²) in [4.78, 5) is 17.0. The first kappa shape index (κ1) is 14.0. The summed E-state index contributed by atoms with van der Waals surface area (Å²) in [5, 5.41) is 10.7. The second-order valence-corrected chi connectivity index (χ2v) is 4.98. The van der Waals surface area contributed by atoms with Crippen molar-refractivity contribution in [2.24, 2.45) is 0 Å². The molecule has 1 heterocycles. The predicted octanol–water partition coefficient (Wildman–Crippen LogP) is 3.86. The fraction of sp³-hybridized carbons (Fsp3) is 0.111. The van der Waals surface area contributed by atoms with Gasteiger partial charge in [0.1, 0.15) is 0 Å². The van der Waals surface area contributed by atoms with Crippen molar-refractivity contribution in [3.63, 3.8) is 0 Å². The molecule has 1 N–H and O–H groups in total. The van der Waals surface area contributed by atoms with Gasteiger partial charge in [0.2, 0.25) is 0 Å². The first-order valence-corrected chi connectivity index (χ1v) is 6.96. The molecule has 0 amide bonds. The number of hydrogen-bond donors (Lipinski definition) is 1. The molecular weight excluding hydrogens is 278 g/mol. The van der Waals surface area contributed by atoms with Gasteiger partial charge in [-0.1, -0.05) is 42.1 Å².